The molecule has 0 amide bonds. The second-order valence-electron chi connectivity index (χ2n) is 5.14. The highest BCUT2D eigenvalue weighted by molar-refractivity contribution is 5.91. The van der Waals surface area contributed by atoms with Crippen molar-refractivity contribution < 1.29 is 14.3 Å². The average molecular weight is 286 g/mol. The lowest BCUT2D eigenvalue weighted by atomic mass is 9.99. The molecule has 5 heteroatoms. The Morgan fingerprint density at radius 3 is 2.67 bits per heavy atom. The van der Waals surface area contributed by atoms with Gasteiger partial charge in [0.25, 0.3) is 0 Å². The molecule has 1 aliphatic heterocycles. The van der Waals surface area contributed by atoms with Gasteiger partial charge in [-0.05, 0) is 23.6 Å². The Morgan fingerprint density at radius 2 is 1.95 bits per heavy atom. The first-order valence-electron chi connectivity index (χ1n) is 6.70. The summed E-state index contributed by atoms with van der Waals surface area (Å²) in [6.45, 7) is 1.37. The van der Waals surface area contributed by atoms with Crippen LogP contribution in [0.15, 0.2) is 36.4 Å². The standard InChI is InChI=1S/C16H15FN2O2/c17-13-8-15(14(18)7-12(13)16(20)21)19-6-5-10-3-1-2-4-11(10)9-19/h1-4,7-8H,5-6,9,18H2,(H,20,21). The highest BCUT2D eigenvalue weighted by Crippen LogP contribution is 2.31. The normalized spacial score (nSPS) is 13.9. The number of fused-ring (bicyclic) bond motifs is 1. The number of aromatic carboxylic acids is 1. The molecule has 21 heavy (non-hydrogen) atoms. The molecule has 2 aromatic carbocycles. The molecule has 2 aromatic rings. The third-order valence-corrected chi connectivity index (χ3v) is 3.82. The van der Waals surface area contributed by atoms with Gasteiger partial charge in [0.05, 0.1) is 16.9 Å². The lowest BCUT2D eigenvalue weighted by Gasteiger charge is -2.31. The van der Waals surface area contributed by atoms with E-state index in [1.807, 2.05) is 23.1 Å². The van der Waals surface area contributed by atoms with E-state index in [1.54, 1.807) is 0 Å². The molecule has 0 unspecified atom stereocenters. The van der Waals surface area contributed by atoms with Gasteiger partial charge in [0.1, 0.15) is 5.82 Å². The van der Waals surface area contributed by atoms with Gasteiger partial charge in [0.2, 0.25) is 0 Å². The van der Waals surface area contributed by atoms with Crippen LogP contribution in [0.5, 0.6) is 0 Å². The second kappa shape index (κ2) is 5.09. The Balaban J connectivity index is 1.96. The molecular weight excluding hydrogens is 271 g/mol. The molecule has 3 rings (SSSR count). The summed E-state index contributed by atoms with van der Waals surface area (Å²) in [4.78, 5) is 12.9. The van der Waals surface area contributed by atoms with Gasteiger partial charge in [0, 0.05) is 19.2 Å². The topological polar surface area (TPSA) is 66.6 Å². The van der Waals surface area contributed by atoms with Gasteiger partial charge in [-0.3, -0.25) is 0 Å². The molecule has 0 aliphatic carbocycles. The molecule has 108 valence electrons. The zero-order chi connectivity index (χ0) is 15.0. The van der Waals surface area contributed by atoms with E-state index in [0.717, 1.165) is 13.0 Å². The zero-order valence-electron chi connectivity index (χ0n) is 11.3. The summed E-state index contributed by atoms with van der Waals surface area (Å²) < 4.78 is 13.9. The molecule has 4 nitrogen and oxygen atoms in total. The van der Waals surface area contributed by atoms with Crippen molar-refractivity contribution in [3.63, 3.8) is 0 Å². The van der Waals surface area contributed by atoms with Crippen molar-refractivity contribution in [2.75, 3.05) is 17.2 Å². The summed E-state index contributed by atoms with van der Waals surface area (Å²) >= 11 is 0. The Kier molecular flexibility index (Phi) is 3.25. The van der Waals surface area contributed by atoms with Crippen molar-refractivity contribution in [3.8, 4) is 0 Å². The van der Waals surface area contributed by atoms with E-state index in [4.69, 9.17) is 10.8 Å². The average Bonchev–Trinajstić information content (AvgIpc) is 2.48. The number of halogens is 1. The van der Waals surface area contributed by atoms with Crippen molar-refractivity contribution >= 4 is 17.3 Å². The Labute approximate surface area is 121 Å². The molecule has 1 heterocycles. The van der Waals surface area contributed by atoms with E-state index in [9.17, 15) is 9.18 Å². The summed E-state index contributed by atoms with van der Waals surface area (Å²) in [6, 6.07) is 10.5. The van der Waals surface area contributed by atoms with E-state index in [0.29, 0.717) is 12.2 Å². The SMILES string of the molecule is Nc1cc(C(=O)O)c(F)cc1N1CCc2ccccc2C1. The number of nitrogens with zero attached hydrogens (tertiary/aromatic N) is 1. The van der Waals surface area contributed by atoms with Gasteiger partial charge in [-0.25, -0.2) is 9.18 Å². The molecule has 0 spiro atoms. The number of carboxylic acid groups (broad SMARTS) is 1. The van der Waals surface area contributed by atoms with Gasteiger partial charge in [-0.1, -0.05) is 24.3 Å². The first kappa shape index (κ1) is 13.4. The third kappa shape index (κ3) is 2.42. The van der Waals surface area contributed by atoms with Crippen LogP contribution in [-0.4, -0.2) is 17.6 Å². The number of hydrogen-bond donors (Lipinski definition) is 2. The maximum atomic E-state index is 13.9. The van der Waals surface area contributed by atoms with Gasteiger partial charge in [-0.15, -0.1) is 0 Å². The molecule has 1 aliphatic rings. The molecule has 3 N–H and O–H groups in total. The highest BCUT2D eigenvalue weighted by Gasteiger charge is 2.21. The summed E-state index contributed by atoms with van der Waals surface area (Å²) in [5, 5.41) is 8.91. The molecule has 0 saturated heterocycles. The minimum Gasteiger partial charge on any atom is -0.478 e. The molecule has 0 fully saturated rings. The maximum absolute atomic E-state index is 13.9. The van der Waals surface area contributed by atoms with Gasteiger partial charge < -0.3 is 15.7 Å². The number of rotatable bonds is 2. The predicted molar refractivity (Wildman–Crippen MR) is 79.0 cm³/mol. The van der Waals surface area contributed by atoms with Crippen molar-refractivity contribution in [1.82, 2.24) is 0 Å². The molecule has 0 aromatic heterocycles. The fraction of sp³-hybridized carbons (Fsp3) is 0.188. The number of carboxylic acids is 1. The van der Waals surface area contributed by atoms with Crippen LogP contribution in [0.4, 0.5) is 15.8 Å². The number of carbonyl (C=O) groups is 1. The van der Waals surface area contributed by atoms with Crippen molar-refractivity contribution in [3.05, 3.63) is 58.9 Å². The van der Waals surface area contributed by atoms with Crippen LogP contribution in [0.3, 0.4) is 0 Å². The van der Waals surface area contributed by atoms with Gasteiger partial charge in [-0.2, -0.15) is 0 Å². The van der Waals surface area contributed by atoms with Crippen molar-refractivity contribution in [1.29, 1.82) is 0 Å². The third-order valence-electron chi connectivity index (χ3n) is 3.82. The minimum absolute atomic E-state index is 0.285. The van der Waals surface area contributed by atoms with Gasteiger partial charge in [0.15, 0.2) is 0 Å². The van der Waals surface area contributed by atoms with E-state index in [-0.39, 0.29) is 5.69 Å². The summed E-state index contributed by atoms with van der Waals surface area (Å²) in [5.41, 5.74) is 8.82. The van der Waals surface area contributed by atoms with Crippen LogP contribution in [0, 0.1) is 5.82 Å². The van der Waals surface area contributed by atoms with Crippen LogP contribution in [0.25, 0.3) is 0 Å². The second-order valence-corrected chi connectivity index (χ2v) is 5.14. The number of nitrogens with two attached hydrogens (primary N) is 1. The van der Waals surface area contributed by atoms with Crippen LogP contribution in [0.2, 0.25) is 0 Å². The monoisotopic (exact) mass is 286 g/mol. The Hall–Kier alpha value is -2.56. The Morgan fingerprint density at radius 1 is 1.24 bits per heavy atom. The summed E-state index contributed by atoms with van der Waals surface area (Å²) in [7, 11) is 0. The zero-order valence-corrected chi connectivity index (χ0v) is 11.3. The fourth-order valence-corrected chi connectivity index (χ4v) is 2.72. The fourth-order valence-electron chi connectivity index (χ4n) is 2.72. The predicted octanol–water partition coefficient (Wildman–Crippen LogP) is 2.67. The van der Waals surface area contributed by atoms with Crippen LogP contribution >= 0.6 is 0 Å². The van der Waals surface area contributed by atoms with Crippen LogP contribution < -0.4 is 10.6 Å². The number of hydrogen-bond acceptors (Lipinski definition) is 3. The van der Waals surface area contributed by atoms with Crippen LogP contribution in [0.1, 0.15) is 21.5 Å². The van der Waals surface area contributed by atoms with Gasteiger partial charge >= 0.3 is 5.97 Å². The smallest absolute Gasteiger partial charge is 0.338 e. The molecule has 0 atom stereocenters. The largest absolute Gasteiger partial charge is 0.478 e. The van der Waals surface area contributed by atoms with E-state index in [2.05, 4.69) is 6.07 Å². The van der Waals surface area contributed by atoms with E-state index in [1.165, 1.54) is 23.3 Å². The van der Waals surface area contributed by atoms with Crippen LogP contribution in [-0.2, 0) is 13.0 Å². The lowest BCUT2D eigenvalue weighted by molar-refractivity contribution is 0.0692. The molecule has 0 radical (unpaired) electrons. The summed E-state index contributed by atoms with van der Waals surface area (Å²) in [5.74, 6) is -2.07. The maximum Gasteiger partial charge on any atom is 0.338 e. The van der Waals surface area contributed by atoms with E-state index < -0.39 is 17.3 Å². The quantitative estimate of drug-likeness (QED) is 0.833. The lowest BCUT2D eigenvalue weighted by Crippen LogP contribution is -2.31. The first-order valence-corrected chi connectivity index (χ1v) is 6.70. The molecule has 0 bridgehead atoms. The van der Waals surface area contributed by atoms with Crippen molar-refractivity contribution in [2.45, 2.75) is 13.0 Å². The Bertz CT molecular complexity index is 715. The van der Waals surface area contributed by atoms with E-state index >= 15 is 0 Å². The number of anilines is 2. The minimum atomic E-state index is -1.31. The van der Waals surface area contributed by atoms with Crippen molar-refractivity contribution in [2.24, 2.45) is 0 Å². The number of benzene rings is 2. The summed E-state index contributed by atoms with van der Waals surface area (Å²) in [6.07, 6.45) is 0.859. The molecular formula is C16H15FN2O2. The highest BCUT2D eigenvalue weighted by atomic mass is 19.1. The number of nitrogen functional groups attached to an aromatic ring is 1. The first-order chi connectivity index (χ1) is 10.1. The molecule has 0 saturated carbocycles.